The third-order valence-corrected chi connectivity index (χ3v) is 3.93. The number of carbonyl (C=O) groups is 5. The summed E-state index contributed by atoms with van der Waals surface area (Å²) in [5, 5.41) is 4.53. The van der Waals surface area contributed by atoms with Gasteiger partial charge in [0.1, 0.15) is 12.3 Å². The second-order valence-electron chi connectivity index (χ2n) is 5.84. The van der Waals surface area contributed by atoms with Crippen LogP contribution >= 0.6 is 0 Å². The third kappa shape index (κ3) is 4.40. The molecule has 1 aromatic carbocycles. The molecule has 0 aromatic heterocycles. The van der Waals surface area contributed by atoms with E-state index in [0.717, 1.165) is 0 Å². The predicted octanol–water partition coefficient (Wildman–Crippen LogP) is 0.615. The van der Waals surface area contributed by atoms with Gasteiger partial charge in [0.25, 0.3) is 0 Å². The number of urea groups is 2. The van der Waals surface area contributed by atoms with E-state index in [1.54, 1.807) is 6.92 Å². The summed E-state index contributed by atoms with van der Waals surface area (Å²) in [5.41, 5.74) is 0.163. The van der Waals surface area contributed by atoms with Crippen LogP contribution < -0.4 is 20.3 Å². The normalized spacial score (nSPS) is 15.0. The monoisotopic (exact) mass is 376 g/mol. The van der Waals surface area contributed by atoms with Crippen molar-refractivity contribution in [3.05, 3.63) is 24.3 Å². The lowest BCUT2D eigenvalue weighted by Gasteiger charge is -2.16. The topological polar surface area (TPSA) is 125 Å². The maximum atomic E-state index is 12.4. The average Bonchev–Trinajstić information content (AvgIpc) is 2.85. The molecule has 7 amide bonds. The number of amides is 7. The van der Waals surface area contributed by atoms with Gasteiger partial charge in [0.2, 0.25) is 5.91 Å². The van der Waals surface area contributed by atoms with Gasteiger partial charge in [-0.2, -0.15) is 0 Å². The standard InChI is InChI=1S/C17H20N4O6/c1-4-10(2)18-16(25)19-13(22)9-20-14(23)15(24)21(17(20)26)11-5-7-12(27-3)8-6-11/h5-8,10H,4,9H2,1-3H3,(H2,18,19,22,25)/t10-/m1/s1. The molecule has 0 bridgehead atoms. The summed E-state index contributed by atoms with van der Waals surface area (Å²) < 4.78 is 5.00. The van der Waals surface area contributed by atoms with Crippen LogP contribution in [-0.2, 0) is 14.4 Å². The molecule has 1 fully saturated rings. The van der Waals surface area contributed by atoms with Crippen molar-refractivity contribution < 1.29 is 28.7 Å². The van der Waals surface area contributed by atoms with Crippen LogP contribution in [0.15, 0.2) is 24.3 Å². The highest BCUT2D eigenvalue weighted by atomic mass is 16.5. The van der Waals surface area contributed by atoms with Crippen LogP contribution in [0.2, 0.25) is 0 Å². The molecule has 1 heterocycles. The molecule has 0 aliphatic carbocycles. The molecule has 27 heavy (non-hydrogen) atoms. The molecule has 1 aliphatic heterocycles. The Bertz CT molecular complexity index is 776. The van der Waals surface area contributed by atoms with E-state index in [9.17, 15) is 24.0 Å². The minimum Gasteiger partial charge on any atom is -0.497 e. The minimum absolute atomic E-state index is 0.153. The zero-order valence-corrected chi connectivity index (χ0v) is 15.1. The van der Waals surface area contributed by atoms with Gasteiger partial charge in [-0.05, 0) is 37.6 Å². The summed E-state index contributed by atoms with van der Waals surface area (Å²) in [6.07, 6.45) is 0.663. The summed E-state index contributed by atoms with van der Waals surface area (Å²) in [5.74, 6) is -2.61. The number of imide groups is 3. The lowest BCUT2D eigenvalue weighted by atomic mass is 10.3. The Morgan fingerprint density at radius 1 is 1.11 bits per heavy atom. The van der Waals surface area contributed by atoms with Crippen LogP contribution in [0.4, 0.5) is 15.3 Å². The van der Waals surface area contributed by atoms with Gasteiger partial charge in [-0.3, -0.25) is 19.7 Å². The van der Waals surface area contributed by atoms with Crippen LogP contribution in [0.3, 0.4) is 0 Å². The van der Waals surface area contributed by atoms with Gasteiger partial charge < -0.3 is 10.1 Å². The highest BCUT2D eigenvalue weighted by Gasteiger charge is 2.46. The minimum atomic E-state index is -1.15. The van der Waals surface area contributed by atoms with Gasteiger partial charge in [-0.25, -0.2) is 19.4 Å². The number of nitrogens with one attached hydrogen (secondary N) is 2. The van der Waals surface area contributed by atoms with Crippen LogP contribution in [0.5, 0.6) is 5.75 Å². The zero-order chi connectivity index (χ0) is 20.1. The number of ether oxygens (including phenoxy) is 1. The number of carbonyl (C=O) groups excluding carboxylic acids is 5. The van der Waals surface area contributed by atoms with E-state index in [1.807, 2.05) is 12.2 Å². The molecule has 144 valence electrons. The number of hydrogen-bond acceptors (Lipinski definition) is 6. The predicted molar refractivity (Wildman–Crippen MR) is 94.0 cm³/mol. The molecule has 0 radical (unpaired) electrons. The Morgan fingerprint density at radius 2 is 1.74 bits per heavy atom. The van der Waals surface area contributed by atoms with E-state index >= 15 is 0 Å². The van der Waals surface area contributed by atoms with Crippen molar-refractivity contribution in [2.45, 2.75) is 26.3 Å². The number of hydrogen-bond donors (Lipinski definition) is 2. The fraction of sp³-hybridized carbons (Fsp3) is 0.353. The van der Waals surface area contributed by atoms with E-state index < -0.39 is 36.3 Å². The highest BCUT2D eigenvalue weighted by molar-refractivity contribution is 6.53. The number of methoxy groups -OCH3 is 1. The van der Waals surface area contributed by atoms with Gasteiger partial charge in [0.05, 0.1) is 12.8 Å². The van der Waals surface area contributed by atoms with Crippen molar-refractivity contribution in [2.24, 2.45) is 0 Å². The fourth-order valence-corrected chi connectivity index (χ4v) is 2.28. The summed E-state index contributed by atoms with van der Waals surface area (Å²) >= 11 is 0. The van der Waals surface area contributed by atoms with Crippen molar-refractivity contribution >= 4 is 35.5 Å². The molecule has 1 aromatic rings. The van der Waals surface area contributed by atoms with Crippen LogP contribution in [0.25, 0.3) is 0 Å². The Hall–Kier alpha value is -3.43. The Kier molecular flexibility index (Phi) is 6.11. The number of nitrogens with zero attached hydrogens (tertiary/aromatic N) is 2. The zero-order valence-electron chi connectivity index (χ0n) is 15.1. The Labute approximate surface area is 155 Å². The highest BCUT2D eigenvalue weighted by Crippen LogP contribution is 2.24. The molecule has 1 saturated heterocycles. The van der Waals surface area contributed by atoms with Gasteiger partial charge in [0, 0.05) is 6.04 Å². The van der Waals surface area contributed by atoms with E-state index in [4.69, 9.17) is 4.74 Å². The van der Waals surface area contributed by atoms with Gasteiger partial charge in [-0.15, -0.1) is 0 Å². The molecule has 1 aliphatic rings. The first-order valence-corrected chi connectivity index (χ1v) is 8.22. The maximum Gasteiger partial charge on any atom is 0.339 e. The largest absolute Gasteiger partial charge is 0.497 e. The van der Waals surface area contributed by atoms with Crippen LogP contribution in [0, 0.1) is 0 Å². The maximum absolute atomic E-state index is 12.4. The molecule has 2 N–H and O–H groups in total. The number of benzene rings is 1. The SMILES string of the molecule is CC[C@@H](C)NC(=O)NC(=O)CN1C(=O)C(=O)N(c2ccc(OC)cc2)C1=O. The summed E-state index contributed by atoms with van der Waals surface area (Å²) in [6.45, 7) is 2.86. The molecule has 10 heteroatoms. The Morgan fingerprint density at radius 3 is 2.30 bits per heavy atom. The summed E-state index contributed by atoms with van der Waals surface area (Å²) in [7, 11) is 1.46. The molecular formula is C17H20N4O6. The summed E-state index contributed by atoms with van der Waals surface area (Å²) in [4.78, 5) is 61.4. The number of rotatable bonds is 6. The van der Waals surface area contributed by atoms with Gasteiger partial charge in [0.15, 0.2) is 0 Å². The second-order valence-corrected chi connectivity index (χ2v) is 5.84. The smallest absolute Gasteiger partial charge is 0.339 e. The third-order valence-electron chi connectivity index (χ3n) is 3.93. The van der Waals surface area contributed by atoms with Crippen molar-refractivity contribution in [1.82, 2.24) is 15.5 Å². The van der Waals surface area contributed by atoms with E-state index in [-0.39, 0.29) is 11.7 Å². The molecule has 0 spiro atoms. The molecule has 10 nitrogen and oxygen atoms in total. The first kappa shape index (κ1) is 19.9. The van der Waals surface area contributed by atoms with Crippen molar-refractivity contribution in [3.8, 4) is 5.75 Å². The molecule has 2 rings (SSSR count). The van der Waals surface area contributed by atoms with Crippen molar-refractivity contribution in [3.63, 3.8) is 0 Å². The molecule has 0 unspecified atom stereocenters. The van der Waals surface area contributed by atoms with Crippen molar-refractivity contribution in [1.29, 1.82) is 0 Å². The van der Waals surface area contributed by atoms with E-state index in [2.05, 4.69) is 5.32 Å². The first-order chi connectivity index (χ1) is 12.8. The average molecular weight is 376 g/mol. The molecule has 0 saturated carbocycles. The molecule has 1 atom stereocenters. The quantitative estimate of drug-likeness (QED) is 0.554. The van der Waals surface area contributed by atoms with Crippen LogP contribution in [-0.4, -0.2) is 54.4 Å². The van der Waals surface area contributed by atoms with Gasteiger partial charge >= 0.3 is 23.9 Å². The van der Waals surface area contributed by atoms with Crippen LogP contribution in [0.1, 0.15) is 20.3 Å². The summed E-state index contributed by atoms with van der Waals surface area (Å²) in [6, 6.07) is 4.06. The fourth-order valence-electron chi connectivity index (χ4n) is 2.28. The number of anilines is 1. The second kappa shape index (κ2) is 8.30. The van der Waals surface area contributed by atoms with E-state index in [1.165, 1.54) is 31.4 Å². The first-order valence-electron chi connectivity index (χ1n) is 8.22. The van der Waals surface area contributed by atoms with Gasteiger partial charge in [-0.1, -0.05) is 6.92 Å². The Balaban J connectivity index is 2.06. The molecular weight excluding hydrogens is 356 g/mol. The van der Waals surface area contributed by atoms with Crippen molar-refractivity contribution in [2.75, 3.05) is 18.6 Å². The lowest BCUT2D eigenvalue weighted by Crippen LogP contribution is -2.48. The van der Waals surface area contributed by atoms with E-state index in [0.29, 0.717) is 22.0 Å². The lowest BCUT2D eigenvalue weighted by molar-refractivity contribution is -0.140.